The first-order valence-corrected chi connectivity index (χ1v) is 23.5. The van der Waals surface area contributed by atoms with Gasteiger partial charge in [0.05, 0.1) is 11.1 Å². The molecular formula is C63H47NS. The molecule has 2 heteroatoms. The molecular weight excluding hydrogens is 803 g/mol. The van der Waals surface area contributed by atoms with Gasteiger partial charge in [-0.2, -0.15) is 0 Å². The first-order chi connectivity index (χ1) is 31.9. The molecule has 65 heavy (non-hydrogen) atoms. The lowest BCUT2D eigenvalue weighted by Gasteiger charge is -2.34. The van der Waals surface area contributed by atoms with Crippen LogP contribution in [0.25, 0.3) is 64.3 Å². The fourth-order valence-corrected chi connectivity index (χ4v) is 11.8. The van der Waals surface area contributed by atoms with Crippen molar-refractivity contribution in [2.45, 2.75) is 31.6 Å². The lowest BCUT2D eigenvalue weighted by atomic mass is 9.68. The van der Waals surface area contributed by atoms with Crippen molar-refractivity contribution in [3.05, 3.63) is 258 Å². The van der Waals surface area contributed by atoms with E-state index in [2.05, 4.69) is 256 Å². The smallest absolute Gasteiger partial charge is 0.0713 e. The van der Waals surface area contributed by atoms with Gasteiger partial charge in [0.25, 0.3) is 0 Å². The van der Waals surface area contributed by atoms with E-state index in [4.69, 9.17) is 0 Å². The van der Waals surface area contributed by atoms with Crippen molar-refractivity contribution >= 4 is 59.3 Å². The highest BCUT2D eigenvalue weighted by atomic mass is 32.1. The highest BCUT2D eigenvalue weighted by Crippen LogP contribution is 2.58. The fraction of sp³-hybridized carbons (Fsp3) is 0.0794. The van der Waals surface area contributed by atoms with Crippen molar-refractivity contribution in [1.82, 2.24) is 0 Å². The van der Waals surface area contributed by atoms with E-state index >= 15 is 0 Å². The molecule has 1 aromatic heterocycles. The lowest BCUT2D eigenvalue weighted by Crippen LogP contribution is -2.28. The monoisotopic (exact) mass is 849 g/mol. The molecule has 0 atom stereocenters. The van der Waals surface area contributed by atoms with Gasteiger partial charge in [-0.05, 0) is 114 Å². The zero-order valence-electron chi connectivity index (χ0n) is 36.8. The molecule has 1 aliphatic carbocycles. The van der Waals surface area contributed by atoms with E-state index < -0.39 is 5.41 Å². The van der Waals surface area contributed by atoms with Crippen LogP contribution in [0.5, 0.6) is 0 Å². The minimum atomic E-state index is -0.480. The summed E-state index contributed by atoms with van der Waals surface area (Å²) in [5.74, 6) is 0. The van der Waals surface area contributed by atoms with E-state index in [0.717, 1.165) is 17.1 Å². The Hall–Kier alpha value is -7.52. The molecule has 0 fully saturated rings. The summed E-state index contributed by atoms with van der Waals surface area (Å²) in [5.41, 5.74) is 16.8. The molecule has 1 nitrogen and oxygen atoms in total. The largest absolute Gasteiger partial charge is 0.310 e. The van der Waals surface area contributed by atoms with Gasteiger partial charge in [-0.15, -0.1) is 11.3 Å². The van der Waals surface area contributed by atoms with Crippen LogP contribution in [-0.2, 0) is 10.8 Å². The van der Waals surface area contributed by atoms with Gasteiger partial charge in [-0.1, -0.05) is 209 Å². The van der Waals surface area contributed by atoms with Crippen LogP contribution in [0.15, 0.2) is 231 Å². The molecule has 0 spiro atoms. The molecule has 310 valence electrons. The molecule has 1 heterocycles. The van der Waals surface area contributed by atoms with Crippen molar-refractivity contribution in [1.29, 1.82) is 0 Å². The molecule has 0 saturated carbocycles. The molecule has 0 aliphatic heterocycles. The number of anilines is 3. The summed E-state index contributed by atoms with van der Waals surface area (Å²) in [4.78, 5) is 2.51. The second kappa shape index (κ2) is 15.3. The summed E-state index contributed by atoms with van der Waals surface area (Å²) >= 11 is 1.87. The minimum Gasteiger partial charge on any atom is -0.310 e. The second-order valence-electron chi connectivity index (χ2n) is 18.4. The van der Waals surface area contributed by atoms with Crippen molar-refractivity contribution in [2.24, 2.45) is 0 Å². The Morgan fingerprint density at radius 3 is 1.71 bits per heavy atom. The number of nitrogens with zero attached hydrogens (tertiary/aromatic N) is 1. The van der Waals surface area contributed by atoms with E-state index in [-0.39, 0.29) is 5.41 Å². The summed E-state index contributed by atoms with van der Waals surface area (Å²) in [7, 11) is 0. The van der Waals surface area contributed by atoms with Crippen LogP contribution >= 0.6 is 11.3 Å². The Bertz CT molecular complexity index is 3520. The first-order valence-electron chi connectivity index (χ1n) is 22.7. The van der Waals surface area contributed by atoms with Crippen LogP contribution in [0.3, 0.4) is 0 Å². The highest BCUT2D eigenvalue weighted by Gasteiger charge is 2.46. The predicted molar refractivity (Wildman–Crippen MR) is 278 cm³/mol. The predicted octanol–water partition coefficient (Wildman–Crippen LogP) is 17.7. The lowest BCUT2D eigenvalue weighted by molar-refractivity contribution is 0.590. The standard InChI is InChI=1S/C63H47NS/c1-62(2,3)45-34-29-42(30-35-45)43-31-36-48(37-32-43)64(57-40-33-44-17-10-11-22-50(44)60(57)53-25-16-28-59-61(53)52-24-13-15-27-58(52)65-59)49-38-39-56-54(41-49)51-23-12-14-26-55(51)63(56,46-18-6-4-7-19-46)47-20-8-5-9-21-47/h4-41H,1-3H3. The summed E-state index contributed by atoms with van der Waals surface area (Å²) in [6.45, 7) is 6.82. The average Bonchev–Trinajstić information content (AvgIpc) is 3.89. The number of benzene rings is 10. The van der Waals surface area contributed by atoms with Crippen LogP contribution in [0.1, 0.15) is 48.6 Å². The van der Waals surface area contributed by atoms with Crippen LogP contribution in [0.2, 0.25) is 0 Å². The minimum absolute atomic E-state index is 0.0956. The topological polar surface area (TPSA) is 3.24 Å². The number of hydrogen-bond donors (Lipinski definition) is 0. The maximum absolute atomic E-state index is 2.51. The van der Waals surface area contributed by atoms with Gasteiger partial charge in [-0.3, -0.25) is 0 Å². The van der Waals surface area contributed by atoms with Crippen molar-refractivity contribution in [3.63, 3.8) is 0 Å². The van der Waals surface area contributed by atoms with E-state index in [9.17, 15) is 0 Å². The molecule has 0 radical (unpaired) electrons. The van der Waals surface area contributed by atoms with Gasteiger partial charge in [0.2, 0.25) is 0 Å². The maximum atomic E-state index is 2.51. The number of rotatable bonds is 7. The van der Waals surface area contributed by atoms with Crippen LogP contribution in [0, 0.1) is 0 Å². The van der Waals surface area contributed by atoms with Crippen molar-refractivity contribution < 1.29 is 0 Å². The summed E-state index contributed by atoms with van der Waals surface area (Å²) < 4.78 is 2.60. The van der Waals surface area contributed by atoms with Crippen LogP contribution < -0.4 is 4.90 Å². The normalized spacial score (nSPS) is 13.0. The molecule has 11 aromatic rings. The second-order valence-corrected chi connectivity index (χ2v) is 19.5. The molecule has 0 N–H and O–H groups in total. The highest BCUT2D eigenvalue weighted by molar-refractivity contribution is 7.25. The summed E-state index contributed by atoms with van der Waals surface area (Å²) in [6, 6.07) is 86.0. The van der Waals surface area contributed by atoms with Crippen LogP contribution in [0.4, 0.5) is 17.1 Å². The van der Waals surface area contributed by atoms with Gasteiger partial charge in [0, 0.05) is 37.1 Å². The Labute approximate surface area is 385 Å². The van der Waals surface area contributed by atoms with Gasteiger partial charge in [0.1, 0.15) is 0 Å². The first kappa shape index (κ1) is 39.1. The summed E-state index contributed by atoms with van der Waals surface area (Å²) in [5, 5.41) is 5.04. The Morgan fingerprint density at radius 2 is 0.985 bits per heavy atom. The summed E-state index contributed by atoms with van der Waals surface area (Å²) in [6.07, 6.45) is 0. The van der Waals surface area contributed by atoms with Crippen molar-refractivity contribution in [3.8, 4) is 33.4 Å². The van der Waals surface area contributed by atoms with Crippen LogP contribution in [-0.4, -0.2) is 0 Å². The zero-order valence-corrected chi connectivity index (χ0v) is 37.6. The SMILES string of the molecule is CC(C)(C)c1ccc(-c2ccc(N(c3ccc4c(c3)-c3ccccc3C4(c3ccccc3)c3ccccc3)c3ccc4ccccc4c3-c3cccc4sc5ccccc5c34)cc2)cc1. The Morgan fingerprint density at radius 1 is 0.415 bits per heavy atom. The molecule has 0 amide bonds. The molecule has 1 aliphatic rings. The van der Waals surface area contributed by atoms with E-state index in [1.54, 1.807) is 0 Å². The fourth-order valence-electron chi connectivity index (χ4n) is 10.7. The third kappa shape index (κ3) is 6.27. The van der Waals surface area contributed by atoms with Gasteiger partial charge < -0.3 is 4.90 Å². The average molecular weight is 850 g/mol. The number of hydrogen-bond acceptors (Lipinski definition) is 2. The van der Waals surface area contributed by atoms with E-state index in [1.165, 1.54) is 92.1 Å². The Balaban J connectivity index is 1.12. The molecule has 0 saturated heterocycles. The molecule has 12 rings (SSSR count). The number of fused-ring (bicyclic) bond motifs is 7. The van der Waals surface area contributed by atoms with E-state index in [0.29, 0.717) is 0 Å². The molecule has 10 aromatic carbocycles. The van der Waals surface area contributed by atoms with E-state index in [1.807, 2.05) is 11.3 Å². The molecule has 0 bridgehead atoms. The maximum Gasteiger partial charge on any atom is 0.0713 e. The quantitative estimate of drug-likeness (QED) is 0.154. The molecule has 0 unspecified atom stereocenters. The third-order valence-electron chi connectivity index (χ3n) is 13.7. The Kier molecular flexibility index (Phi) is 9.22. The van der Waals surface area contributed by atoms with Gasteiger partial charge in [0.15, 0.2) is 0 Å². The zero-order chi connectivity index (χ0) is 43.7. The van der Waals surface area contributed by atoms with Gasteiger partial charge in [-0.25, -0.2) is 0 Å². The number of thiophene rings is 1. The third-order valence-corrected chi connectivity index (χ3v) is 14.9. The van der Waals surface area contributed by atoms with Crippen molar-refractivity contribution in [2.75, 3.05) is 4.90 Å². The van der Waals surface area contributed by atoms with Gasteiger partial charge >= 0.3 is 0 Å².